The topological polar surface area (TPSA) is 15.7 Å². The summed E-state index contributed by atoms with van der Waals surface area (Å²) in [6, 6.07) is 9.78. The van der Waals surface area contributed by atoms with Crippen LogP contribution in [0.25, 0.3) is 0 Å². The molecule has 0 aromatic heterocycles. The molecule has 21 heavy (non-hydrogen) atoms. The predicted molar refractivity (Wildman–Crippen MR) is 88.4 cm³/mol. The van der Waals surface area contributed by atoms with Gasteiger partial charge in [0, 0.05) is 19.7 Å². The maximum atomic E-state index is 5.35. The second kappa shape index (κ2) is 7.43. The summed E-state index contributed by atoms with van der Waals surface area (Å²) in [5.41, 5.74) is 2.94. The third-order valence-electron chi connectivity index (χ3n) is 4.85. The summed E-state index contributed by atoms with van der Waals surface area (Å²) in [5, 5.41) is 0. The Morgan fingerprint density at radius 1 is 1.14 bits per heavy atom. The lowest BCUT2D eigenvalue weighted by Crippen LogP contribution is -2.30. The molecule has 1 aromatic carbocycles. The summed E-state index contributed by atoms with van der Waals surface area (Å²) in [7, 11) is 2.54. The fourth-order valence-electron chi connectivity index (χ4n) is 3.80. The first-order valence-corrected chi connectivity index (χ1v) is 8.41. The molecule has 0 saturated carbocycles. The van der Waals surface area contributed by atoms with Gasteiger partial charge in [-0.05, 0) is 56.4 Å². The van der Waals surface area contributed by atoms with E-state index < -0.39 is 0 Å². The van der Waals surface area contributed by atoms with Crippen molar-refractivity contribution >= 4 is 7.62 Å². The van der Waals surface area contributed by atoms with E-state index in [1.54, 1.807) is 7.11 Å². The summed E-state index contributed by atoms with van der Waals surface area (Å²) in [4.78, 5) is 5.06. The molecule has 2 fully saturated rings. The minimum atomic E-state index is 0.547. The lowest BCUT2D eigenvalue weighted by atomic mass is 9.98. The highest BCUT2D eigenvalue weighted by molar-refractivity contribution is 6.23. The van der Waals surface area contributed by atoms with Gasteiger partial charge in [0.05, 0.1) is 0 Å². The Balaban J connectivity index is 1.67. The van der Waals surface area contributed by atoms with Gasteiger partial charge in [0.15, 0.2) is 0 Å². The van der Waals surface area contributed by atoms with E-state index >= 15 is 0 Å². The molecule has 3 nitrogen and oxygen atoms in total. The fourth-order valence-corrected chi connectivity index (χ4v) is 3.80. The highest BCUT2D eigenvalue weighted by Crippen LogP contribution is 2.31. The van der Waals surface area contributed by atoms with E-state index in [9.17, 15) is 0 Å². The van der Waals surface area contributed by atoms with Crippen molar-refractivity contribution in [3.05, 3.63) is 35.4 Å². The van der Waals surface area contributed by atoms with E-state index in [1.807, 2.05) is 0 Å². The van der Waals surface area contributed by atoms with Crippen LogP contribution in [0, 0.1) is 0 Å². The zero-order chi connectivity index (χ0) is 14.5. The van der Waals surface area contributed by atoms with Gasteiger partial charge in [0.1, 0.15) is 0 Å². The standard InChI is InChI=1S/C17H27BN2O/c1-21-18-20-12-6-9-17(20)16-8-5-7-15(13-16)14-19-10-3-2-4-11-19/h5,7-8,13,17-18H,2-4,6,9-12,14H2,1H3. The van der Waals surface area contributed by atoms with Gasteiger partial charge >= 0.3 is 7.62 Å². The minimum absolute atomic E-state index is 0.547. The van der Waals surface area contributed by atoms with Crippen molar-refractivity contribution in [2.45, 2.75) is 44.7 Å². The van der Waals surface area contributed by atoms with Crippen molar-refractivity contribution in [2.24, 2.45) is 0 Å². The highest BCUT2D eigenvalue weighted by atomic mass is 16.4. The molecular weight excluding hydrogens is 259 g/mol. The van der Waals surface area contributed by atoms with Crippen LogP contribution in [0.5, 0.6) is 0 Å². The Hall–Kier alpha value is -0.835. The van der Waals surface area contributed by atoms with E-state index in [2.05, 4.69) is 34.0 Å². The second-order valence-corrected chi connectivity index (χ2v) is 6.47. The summed E-state index contributed by atoms with van der Waals surface area (Å²) in [5.74, 6) is 0. The van der Waals surface area contributed by atoms with E-state index in [0.29, 0.717) is 6.04 Å². The third-order valence-corrected chi connectivity index (χ3v) is 4.85. The minimum Gasteiger partial charge on any atom is -0.427 e. The van der Waals surface area contributed by atoms with E-state index in [1.165, 1.54) is 56.3 Å². The summed E-state index contributed by atoms with van der Waals surface area (Å²) < 4.78 is 5.35. The molecule has 0 spiro atoms. The van der Waals surface area contributed by atoms with E-state index in [0.717, 1.165) is 20.7 Å². The van der Waals surface area contributed by atoms with E-state index in [-0.39, 0.29) is 0 Å². The Bertz CT molecular complexity index is 448. The SMILES string of the molecule is COBN1CCCC1c1cccc(CN2CCCCC2)c1. The van der Waals surface area contributed by atoms with E-state index in [4.69, 9.17) is 4.65 Å². The van der Waals surface area contributed by atoms with Gasteiger partial charge in [-0.25, -0.2) is 0 Å². The fraction of sp³-hybridized carbons (Fsp3) is 0.647. The van der Waals surface area contributed by atoms with Crippen LogP contribution < -0.4 is 0 Å². The van der Waals surface area contributed by atoms with Crippen LogP contribution >= 0.6 is 0 Å². The lowest BCUT2D eigenvalue weighted by molar-refractivity contribution is 0.221. The van der Waals surface area contributed by atoms with Crippen LogP contribution in [0.1, 0.15) is 49.3 Å². The molecule has 3 rings (SSSR count). The molecule has 4 heteroatoms. The second-order valence-electron chi connectivity index (χ2n) is 6.47. The Morgan fingerprint density at radius 3 is 2.81 bits per heavy atom. The van der Waals surface area contributed by atoms with Crippen molar-refractivity contribution in [1.29, 1.82) is 0 Å². The molecule has 0 amide bonds. The smallest absolute Gasteiger partial charge is 0.363 e. The number of nitrogens with zero attached hydrogens (tertiary/aromatic N) is 2. The van der Waals surface area contributed by atoms with Crippen LogP contribution in [-0.2, 0) is 11.2 Å². The molecule has 114 valence electrons. The molecule has 2 aliphatic rings. The number of piperidine rings is 1. The summed E-state index contributed by atoms with van der Waals surface area (Å²) >= 11 is 0. The van der Waals surface area contributed by atoms with Crippen molar-refractivity contribution in [3.63, 3.8) is 0 Å². The van der Waals surface area contributed by atoms with Gasteiger partial charge in [-0.15, -0.1) is 0 Å². The first kappa shape index (κ1) is 15.1. The van der Waals surface area contributed by atoms with Crippen LogP contribution in [-0.4, -0.2) is 44.1 Å². The van der Waals surface area contributed by atoms with Gasteiger partial charge in [-0.3, -0.25) is 4.90 Å². The molecule has 1 atom stereocenters. The molecular formula is C17H27BN2O. The highest BCUT2D eigenvalue weighted by Gasteiger charge is 2.26. The molecule has 2 saturated heterocycles. The summed E-state index contributed by atoms with van der Waals surface area (Å²) in [6.45, 7) is 4.81. The van der Waals surface area contributed by atoms with Crippen molar-refractivity contribution in [3.8, 4) is 0 Å². The monoisotopic (exact) mass is 286 g/mol. The molecule has 0 radical (unpaired) electrons. The molecule has 0 N–H and O–H groups in total. The molecule has 0 aliphatic carbocycles. The molecule has 0 bridgehead atoms. The lowest BCUT2D eigenvalue weighted by Gasteiger charge is -2.27. The van der Waals surface area contributed by atoms with Gasteiger partial charge in [0.25, 0.3) is 0 Å². The first-order chi connectivity index (χ1) is 10.4. The quantitative estimate of drug-likeness (QED) is 0.774. The first-order valence-electron chi connectivity index (χ1n) is 8.41. The molecule has 2 heterocycles. The zero-order valence-electron chi connectivity index (χ0n) is 13.3. The summed E-state index contributed by atoms with van der Waals surface area (Å²) in [6.07, 6.45) is 6.68. The normalized spacial score (nSPS) is 24.3. The maximum absolute atomic E-state index is 5.35. The number of hydrogen-bond acceptors (Lipinski definition) is 3. The van der Waals surface area contributed by atoms with Gasteiger partial charge < -0.3 is 9.47 Å². The van der Waals surface area contributed by atoms with Crippen molar-refractivity contribution in [2.75, 3.05) is 26.7 Å². The number of likely N-dealkylation sites (tertiary alicyclic amines) is 1. The number of benzene rings is 1. The van der Waals surface area contributed by atoms with Gasteiger partial charge in [-0.2, -0.15) is 0 Å². The van der Waals surface area contributed by atoms with Crippen LogP contribution in [0.2, 0.25) is 0 Å². The van der Waals surface area contributed by atoms with Crippen molar-refractivity contribution in [1.82, 2.24) is 9.71 Å². The van der Waals surface area contributed by atoms with Crippen molar-refractivity contribution < 1.29 is 4.65 Å². The zero-order valence-corrected chi connectivity index (χ0v) is 13.3. The average Bonchev–Trinajstić information content (AvgIpc) is 2.97. The van der Waals surface area contributed by atoms with Gasteiger partial charge in [0.2, 0.25) is 0 Å². The Morgan fingerprint density at radius 2 is 2.00 bits per heavy atom. The van der Waals surface area contributed by atoms with Crippen LogP contribution in [0.4, 0.5) is 0 Å². The third kappa shape index (κ3) is 3.88. The van der Waals surface area contributed by atoms with Crippen LogP contribution in [0.3, 0.4) is 0 Å². The number of rotatable bonds is 5. The van der Waals surface area contributed by atoms with Crippen LogP contribution in [0.15, 0.2) is 24.3 Å². The Kier molecular flexibility index (Phi) is 5.34. The maximum Gasteiger partial charge on any atom is 0.363 e. The molecule has 1 unspecified atom stereocenters. The average molecular weight is 286 g/mol. The number of hydrogen-bond donors (Lipinski definition) is 0. The molecule has 2 aliphatic heterocycles. The predicted octanol–water partition coefficient (Wildman–Crippen LogP) is 2.72. The Labute approximate surface area is 129 Å². The largest absolute Gasteiger partial charge is 0.427 e. The molecule has 1 aromatic rings. The van der Waals surface area contributed by atoms with Gasteiger partial charge in [-0.1, -0.05) is 30.7 Å².